The molecular formula is C17H19N3O6S. The van der Waals surface area contributed by atoms with Gasteiger partial charge in [0.15, 0.2) is 0 Å². The molecule has 0 saturated heterocycles. The van der Waals surface area contributed by atoms with E-state index in [-0.39, 0.29) is 22.2 Å². The molecule has 10 heteroatoms. The molecule has 1 heterocycles. The average Bonchev–Trinajstić information content (AvgIpc) is 2.65. The first-order valence-corrected chi connectivity index (χ1v) is 8.72. The Hall–Kier alpha value is -3.01. The van der Waals surface area contributed by atoms with Crippen LogP contribution in [0.1, 0.15) is 16.1 Å². The van der Waals surface area contributed by atoms with E-state index in [0.717, 1.165) is 11.8 Å². The SMILES string of the molecule is COC(=O)c1c(SCC(=O)Nc2ccc(OC)cc2OC)nc(=O)[nH]c1C. The number of nitrogens with one attached hydrogen (secondary N) is 2. The van der Waals surface area contributed by atoms with Crippen molar-refractivity contribution in [1.29, 1.82) is 0 Å². The van der Waals surface area contributed by atoms with Gasteiger partial charge in [-0.1, -0.05) is 11.8 Å². The monoisotopic (exact) mass is 393 g/mol. The van der Waals surface area contributed by atoms with E-state index in [9.17, 15) is 14.4 Å². The van der Waals surface area contributed by atoms with Gasteiger partial charge >= 0.3 is 11.7 Å². The zero-order valence-electron chi connectivity index (χ0n) is 15.2. The number of hydrogen-bond donors (Lipinski definition) is 2. The Morgan fingerprint density at radius 1 is 1.22 bits per heavy atom. The molecule has 0 spiro atoms. The maximum Gasteiger partial charge on any atom is 0.346 e. The van der Waals surface area contributed by atoms with E-state index in [2.05, 4.69) is 15.3 Å². The third kappa shape index (κ3) is 5.00. The summed E-state index contributed by atoms with van der Waals surface area (Å²) >= 11 is 0.958. The van der Waals surface area contributed by atoms with E-state index in [1.807, 2.05) is 0 Å². The largest absolute Gasteiger partial charge is 0.497 e. The summed E-state index contributed by atoms with van der Waals surface area (Å²) < 4.78 is 15.0. The molecule has 9 nitrogen and oxygen atoms in total. The zero-order chi connectivity index (χ0) is 20.0. The quantitative estimate of drug-likeness (QED) is 0.414. The number of ether oxygens (including phenoxy) is 3. The molecule has 0 atom stereocenters. The van der Waals surface area contributed by atoms with Crippen LogP contribution >= 0.6 is 11.8 Å². The number of benzene rings is 1. The van der Waals surface area contributed by atoms with E-state index in [4.69, 9.17) is 14.2 Å². The molecule has 2 N–H and O–H groups in total. The highest BCUT2D eigenvalue weighted by atomic mass is 32.2. The Balaban J connectivity index is 2.15. The number of esters is 1. The summed E-state index contributed by atoms with van der Waals surface area (Å²) in [5.74, 6) is -0.0528. The number of H-pyrrole nitrogens is 1. The van der Waals surface area contributed by atoms with Gasteiger partial charge in [-0.05, 0) is 19.1 Å². The molecule has 144 valence electrons. The molecule has 0 aliphatic carbocycles. The van der Waals surface area contributed by atoms with E-state index < -0.39 is 11.7 Å². The lowest BCUT2D eigenvalue weighted by Gasteiger charge is -2.12. The Bertz CT molecular complexity index is 912. The van der Waals surface area contributed by atoms with Crippen LogP contribution in [0.5, 0.6) is 11.5 Å². The fourth-order valence-corrected chi connectivity index (χ4v) is 3.10. The molecule has 0 aliphatic heterocycles. The summed E-state index contributed by atoms with van der Waals surface area (Å²) in [5, 5.41) is 2.83. The standard InChI is InChI=1S/C17H19N3O6S/c1-9-14(16(22)26-4)15(20-17(23)18-9)27-8-13(21)19-11-6-5-10(24-2)7-12(11)25-3/h5-7H,8H2,1-4H3,(H,19,21)(H,18,20,23). The predicted octanol–water partition coefficient (Wildman–Crippen LogP) is 1.61. The van der Waals surface area contributed by atoms with Crippen LogP contribution in [0.4, 0.5) is 5.69 Å². The molecular weight excluding hydrogens is 374 g/mol. The van der Waals surface area contributed by atoms with E-state index in [1.165, 1.54) is 21.3 Å². The summed E-state index contributed by atoms with van der Waals surface area (Å²) in [6, 6.07) is 4.97. The molecule has 0 unspecified atom stereocenters. The summed E-state index contributed by atoms with van der Waals surface area (Å²) in [4.78, 5) is 42.0. The molecule has 0 saturated carbocycles. The maximum absolute atomic E-state index is 12.3. The van der Waals surface area contributed by atoms with Gasteiger partial charge in [-0.3, -0.25) is 4.79 Å². The van der Waals surface area contributed by atoms with Crippen molar-refractivity contribution in [3.05, 3.63) is 39.9 Å². The number of rotatable bonds is 7. The Kier molecular flexibility index (Phi) is 6.83. The van der Waals surface area contributed by atoms with Gasteiger partial charge in [-0.2, -0.15) is 4.98 Å². The van der Waals surface area contributed by atoms with Crippen molar-refractivity contribution in [2.24, 2.45) is 0 Å². The molecule has 1 aromatic heterocycles. The van der Waals surface area contributed by atoms with Gasteiger partial charge in [0.1, 0.15) is 22.1 Å². The van der Waals surface area contributed by atoms with Crippen LogP contribution in [0.3, 0.4) is 0 Å². The first-order valence-electron chi connectivity index (χ1n) is 7.73. The highest BCUT2D eigenvalue weighted by molar-refractivity contribution is 8.00. The normalized spacial score (nSPS) is 10.2. The van der Waals surface area contributed by atoms with Gasteiger partial charge in [0.2, 0.25) is 5.91 Å². The number of aryl methyl sites for hydroxylation is 1. The third-order valence-corrected chi connectivity index (χ3v) is 4.47. The number of methoxy groups -OCH3 is 3. The zero-order valence-corrected chi connectivity index (χ0v) is 16.1. The number of aromatic nitrogens is 2. The molecule has 0 radical (unpaired) electrons. The minimum atomic E-state index is -0.643. The van der Waals surface area contributed by atoms with Crippen LogP contribution in [0.15, 0.2) is 28.0 Å². The molecule has 0 bridgehead atoms. The lowest BCUT2D eigenvalue weighted by molar-refractivity contribution is -0.113. The van der Waals surface area contributed by atoms with Crippen LogP contribution in [0, 0.1) is 6.92 Å². The first-order chi connectivity index (χ1) is 12.9. The van der Waals surface area contributed by atoms with E-state index in [0.29, 0.717) is 22.9 Å². The molecule has 2 aromatic rings. The lowest BCUT2D eigenvalue weighted by Crippen LogP contribution is -2.20. The number of carbonyl (C=O) groups is 2. The number of anilines is 1. The van der Waals surface area contributed by atoms with E-state index in [1.54, 1.807) is 25.1 Å². The van der Waals surface area contributed by atoms with Crippen molar-refractivity contribution in [3.63, 3.8) is 0 Å². The molecule has 1 amide bonds. The summed E-state index contributed by atoms with van der Waals surface area (Å²) in [6.07, 6.45) is 0. The minimum Gasteiger partial charge on any atom is -0.497 e. The van der Waals surface area contributed by atoms with Gasteiger partial charge in [-0.25, -0.2) is 9.59 Å². The Morgan fingerprint density at radius 2 is 1.96 bits per heavy atom. The van der Waals surface area contributed by atoms with Crippen LogP contribution in [-0.4, -0.2) is 48.9 Å². The molecule has 0 fully saturated rings. The van der Waals surface area contributed by atoms with Crippen molar-refractivity contribution in [3.8, 4) is 11.5 Å². The lowest BCUT2D eigenvalue weighted by atomic mass is 10.2. The molecule has 27 heavy (non-hydrogen) atoms. The molecule has 2 rings (SSSR count). The highest BCUT2D eigenvalue weighted by Gasteiger charge is 2.19. The number of aromatic amines is 1. The van der Waals surface area contributed by atoms with Crippen LogP contribution < -0.4 is 20.5 Å². The van der Waals surface area contributed by atoms with Gasteiger partial charge in [0.05, 0.1) is 32.8 Å². The number of hydrogen-bond acceptors (Lipinski definition) is 8. The van der Waals surface area contributed by atoms with Gasteiger partial charge < -0.3 is 24.5 Å². The fraction of sp³-hybridized carbons (Fsp3) is 0.294. The summed E-state index contributed by atoms with van der Waals surface area (Å²) in [5.41, 5.74) is 0.297. The van der Waals surface area contributed by atoms with Crippen LogP contribution in [0.25, 0.3) is 0 Å². The van der Waals surface area contributed by atoms with Crippen molar-refractivity contribution in [2.75, 3.05) is 32.4 Å². The fourth-order valence-electron chi connectivity index (χ4n) is 2.23. The highest BCUT2D eigenvalue weighted by Crippen LogP contribution is 2.29. The number of carbonyl (C=O) groups excluding carboxylic acids is 2. The number of nitrogens with zero attached hydrogens (tertiary/aromatic N) is 1. The van der Waals surface area contributed by atoms with Crippen LogP contribution in [0.2, 0.25) is 0 Å². The summed E-state index contributed by atoms with van der Waals surface area (Å²) in [6.45, 7) is 1.56. The number of thioether (sulfide) groups is 1. The third-order valence-electron chi connectivity index (χ3n) is 3.50. The van der Waals surface area contributed by atoms with Crippen LogP contribution in [-0.2, 0) is 9.53 Å². The Morgan fingerprint density at radius 3 is 2.59 bits per heavy atom. The van der Waals surface area contributed by atoms with Crippen molar-refractivity contribution in [2.45, 2.75) is 11.9 Å². The van der Waals surface area contributed by atoms with Crippen molar-refractivity contribution < 1.29 is 23.8 Å². The second kappa shape index (κ2) is 9.08. The molecule has 0 aliphatic rings. The second-order valence-corrected chi connectivity index (χ2v) is 6.21. The average molecular weight is 393 g/mol. The Labute approximate surface area is 159 Å². The topological polar surface area (TPSA) is 120 Å². The van der Waals surface area contributed by atoms with Crippen molar-refractivity contribution >= 4 is 29.3 Å². The predicted molar refractivity (Wildman–Crippen MR) is 99.8 cm³/mol. The van der Waals surface area contributed by atoms with Gasteiger partial charge in [0.25, 0.3) is 0 Å². The maximum atomic E-state index is 12.3. The summed E-state index contributed by atoms with van der Waals surface area (Å²) in [7, 11) is 4.23. The van der Waals surface area contributed by atoms with Gasteiger partial charge in [0, 0.05) is 11.8 Å². The van der Waals surface area contributed by atoms with Gasteiger partial charge in [-0.15, -0.1) is 0 Å². The van der Waals surface area contributed by atoms with Crippen molar-refractivity contribution in [1.82, 2.24) is 9.97 Å². The minimum absolute atomic E-state index is 0.0743. The van der Waals surface area contributed by atoms with E-state index >= 15 is 0 Å². The smallest absolute Gasteiger partial charge is 0.346 e. The number of amides is 1. The second-order valence-electron chi connectivity index (χ2n) is 5.24. The first kappa shape index (κ1) is 20.3. The molecule has 1 aromatic carbocycles.